The van der Waals surface area contributed by atoms with Gasteiger partial charge in [0.2, 0.25) is 0 Å². The highest BCUT2D eigenvalue weighted by Crippen LogP contribution is 2.09. The molecule has 18 heavy (non-hydrogen) atoms. The van der Waals surface area contributed by atoms with Crippen LogP contribution in [0.25, 0.3) is 0 Å². The fourth-order valence-corrected chi connectivity index (χ4v) is 1.38. The van der Waals surface area contributed by atoms with Crippen molar-refractivity contribution in [3.05, 3.63) is 35.5 Å². The Kier molecular flexibility index (Phi) is 5.32. The maximum atomic E-state index is 10.9. The Morgan fingerprint density at radius 1 is 1.56 bits per heavy atom. The number of carboxylic acids is 1. The van der Waals surface area contributed by atoms with Crippen LogP contribution < -0.4 is 5.32 Å². The number of hydrogen-bond donors (Lipinski definition) is 2. The van der Waals surface area contributed by atoms with Gasteiger partial charge in [-0.2, -0.15) is 0 Å². The highest BCUT2D eigenvalue weighted by atomic mass is 16.5. The van der Waals surface area contributed by atoms with Crippen molar-refractivity contribution < 1.29 is 14.6 Å². The largest absolute Gasteiger partial charge is 0.478 e. The summed E-state index contributed by atoms with van der Waals surface area (Å²) in [6, 6.07) is 3.04. The van der Waals surface area contributed by atoms with Gasteiger partial charge in [0.05, 0.1) is 18.8 Å². The Bertz CT molecular complexity index is 444. The molecule has 1 aromatic rings. The van der Waals surface area contributed by atoms with E-state index in [4.69, 9.17) is 9.84 Å². The van der Waals surface area contributed by atoms with E-state index < -0.39 is 5.97 Å². The summed E-state index contributed by atoms with van der Waals surface area (Å²) in [5, 5.41) is 11.9. The Balaban J connectivity index is 2.47. The third kappa shape index (κ3) is 4.97. The van der Waals surface area contributed by atoms with E-state index in [1.54, 1.807) is 6.92 Å². The van der Waals surface area contributed by atoms with Gasteiger partial charge in [0, 0.05) is 12.2 Å². The molecule has 0 unspecified atom stereocenters. The summed E-state index contributed by atoms with van der Waals surface area (Å²) in [4.78, 5) is 15.1. The average Bonchev–Trinajstić information content (AvgIpc) is 2.27. The summed E-state index contributed by atoms with van der Waals surface area (Å²) in [6.45, 7) is 9.01. The summed E-state index contributed by atoms with van der Waals surface area (Å²) >= 11 is 0. The predicted molar refractivity (Wildman–Crippen MR) is 70.1 cm³/mol. The van der Waals surface area contributed by atoms with Gasteiger partial charge < -0.3 is 15.2 Å². The maximum Gasteiger partial charge on any atom is 0.335 e. The van der Waals surface area contributed by atoms with Gasteiger partial charge in [-0.1, -0.05) is 12.2 Å². The first kappa shape index (κ1) is 14.2. The van der Waals surface area contributed by atoms with E-state index in [-0.39, 0.29) is 5.56 Å². The van der Waals surface area contributed by atoms with Crippen molar-refractivity contribution in [3.8, 4) is 0 Å². The van der Waals surface area contributed by atoms with Crippen molar-refractivity contribution in [3.63, 3.8) is 0 Å². The van der Waals surface area contributed by atoms with Crippen LogP contribution in [0.5, 0.6) is 0 Å². The van der Waals surface area contributed by atoms with Crippen molar-refractivity contribution in [2.45, 2.75) is 13.8 Å². The maximum absolute atomic E-state index is 10.9. The van der Waals surface area contributed by atoms with E-state index >= 15 is 0 Å². The zero-order valence-corrected chi connectivity index (χ0v) is 10.7. The molecule has 0 aliphatic rings. The number of hydrogen-bond acceptors (Lipinski definition) is 4. The van der Waals surface area contributed by atoms with Gasteiger partial charge in [-0.15, -0.1) is 0 Å². The fourth-order valence-electron chi connectivity index (χ4n) is 1.38. The second-order valence-electron chi connectivity index (χ2n) is 4.12. The number of carbonyl (C=O) groups is 1. The SMILES string of the molecule is C=C(C)COCCNc1cc(C(=O)O)cc(C)n1. The molecule has 0 fully saturated rings. The molecule has 98 valence electrons. The number of carboxylic acid groups (broad SMARTS) is 1. The molecule has 5 nitrogen and oxygen atoms in total. The molecule has 0 aliphatic heterocycles. The van der Waals surface area contributed by atoms with Gasteiger partial charge in [-0.25, -0.2) is 9.78 Å². The van der Waals surface area contributed by atoms with Crippen LogP contribution in [-0.4, -0.2) is 35.8 Å². The number of aromatic carboxylic acids is 1. The highest BCUT2D eigenvalue weighted by Gasteiger charge is 2.06. The normalized spacial score (nSPS) is 10.1. The minimum atomic E-state index is -0.956. The summed E-state index contributed by atoms with van der Waals surface area (Å²) < 4.78 is 5.32. The number of ether oxygens (including phenoxy) is 1. The summed E-state index contributed by atoms with van der Waals surface area (Å²) in [6.07, 6.45) is 0. The molecule has 5 heteroatoms. The molecule has 0 saturated heterocycles. The van der Waals surface area contributed by atoms with Gasteiger partial charge >= 0.3 is 5.97 Å². The summed E-state index contributed by atoms with van der Waals surface area (Å²) in [5.74, 6) is -0.409. The van der Waals surface area contributed by atoms with E-state index in [0.717, 1.165) is 5.57 Å². The van der Waals surface area contributed by atoms with Crippen molar-refractivity contribution in [1.29, 1.82) is 0 Å². The standard InChI is InChI=1S/C13H18N2O3/c1-9(2)8-18-5-4-14-12-7-11(13(16)17)6-10(3)15-12/h6-7H,1,4-5,8H2,2-3H3,(H,14,15)(H,16,17). The van der Waals surface area contributed by atoms with Gasteiger partial charge in [0.1, 0.15) is 5.82 Å². The first-order valence-corrected chi connectivity index (χ1v) is 5.67. The van der Waals surface area contributed by atoms with Crippen molar-refractivity contribution in [1.82, 2.24) is 4.98 Å². The number of anilines is 1. The van der Waals surface area contributed by atoms with Crippen LogP contribution in [0.4, 0.5) is 5.82 Å². The van der Waals surface area contributed by atoms with Crippen LogP contribution >= 0.6 is 0 Å². The predicted octanol–water partition coefficient (Wildman–Crippen LogP) is 2.09. The lowest BCUT2D eigenvalue weighted by atomic mass is 10.2. The Morgan fingerprint density at radius 3 is 2.89 bits per heavy atom. The van der Waals surface area contributed by atoms with Gasteiger partial charge in [-0.3, -0.25) is 0 Å². The molecule has 0 saturated carbocycles. The number of nitrogens with one attached hydrogen (secondary N) is 1. The second-order valence-corrected chi connectivity index (χ2v) is 4.12. The number of aromatic nitrogens is 1. The van der Waals surface area contributed by atoms with E-state index in [1.807, 2.05) is 6.92 Å². The number of nitrogens with zero attached hydrogens (tertiary/aromatic N) is 1. The lowest BCUT2D eigenvalue weighted by Crippen LogP contribution is -2.12. The quantitative estimate of drug-likeness (QED) is 0.572. The van der Waals surface area contributed by atoms with E-state index in [9.17, 15) is 4.79 Å². The van der Waals surface area contributed by atoms with Gasteiger partial charge in [0.25, 0.3) is 0 Å². The third-order valence-electron chi connectivity index (χ3n) is 2.10. The molecule has 2 N–H and O–H groups in total. The van der Waals surface area contributed by atoms with Crippen LogP contribution in [-0.2, 0) is 4.74 Å². The molecule has 0 amide bonds. The molecular weight excluding hydrogens is 232 g/mol. The number of pyridine rings is 1. The highest BCUT2D eigenvalue weighted by molar-refractivity contribution is 5.88. The average molecular weight is 250 g/mol. The van der Waals surface area contributed by atoms with Crippen LogP contribution in [0.2, 0.25) is 0 Å². The summed E-state index contributed by atoms with van der Waals surface area (Å²) in [5.41, 5.74) is 1.87. The van der Waals surface area contributed by atoms with Crippen LogP contribution in [0.3, 0.4) is 0 Å². The monoisotopic (exact) mass is 250 g/mol. The molecule has 1 heterocycles. The van der Waals surface area contributed by atoms with E-state index in [0.29, 0.717) is 31.3 Å². The Labute approximate surface area is 107 Å². The van der Waals surface area contributed by atoms with Crippen LogP contribution in [0, 0.1) is 6.92 Å². The molecular formula is C13H18N2O3. The smallest absolute Gasteiger partial charge is 0.335 e. The van der Waals surface area contributed by atoms with E-state index in [1.165, 1.54) is 12.1 Å². The summed E-state index contributed by atoms with van der Waals surface area (Å²) in [7, 11) is 0. The zero-order valence-electron chi connectivity index (χ0n) is 10.7. The first-order valence-electron chi connectivity index (χ1n) is 5.67. The van der Waals surface area contributed by atoms with Gasteiger partial charge in [0.15, 0.2) is 0 Å². The lowest BCUT2D eigenvalue weighted by Gasteiger charge is -2.08. The third-order valence-corrected chi connectivity index (χ3v) is 2.10. The first-order chi connectivity index (χ1) is 8.49. The lowest BCUT2D eigenvalue weighted by molar-refractivity contribution is 0.0696. The topological polar surface area (TPSA) is 71.5 Å². The zero-order chi connectivity index (χ0) is 13.5. The van der Waals surface area contributed by atoms with Crippen LogP contribution in [0.1, 0.15) is 23.0 Å². The molecule has 0 bridgehead atoms. The number of aryl methyl sites for hydroxylation is 1. The number of rotatable bonds is 7. The van der Waals surface area contributed by atoms with Gasteiger partial charge in [-0.05, 0) is 26.0 Å². The Morgan fingerprint density at radius 2 is 2.28 bits per heavy atom. The van der Waals surface area contributed by atoms with E-state index in [2.05, 4.69) is 16.9 Å². The molecule has 0 spiro atoms. The molecule has 0 radical (unpaired) electrons. The second kappa shape index (κ2) is 6.76. The van der Waals surface area contributed by atoms with Crippen LogP contribution in [0.15, 0.2) is 24.3 Å². The van der Waals surface area contributed by atoms with Crippen molar-refractivity contribution in [2.24, 2.45) is 0 Å². The fraction of sp³-hybridized carbons (Fsp3) is 0.385. The van der Waals surface area contributed by atoms with Crippen molar-refractivity contribution >= 4 is 11.8 Å². The molecule has 0 aliphatic carbocycles. The van der Waals surface area contributed by atoms with Crippen molar-refractivity contribution in [2.75, 3.05) is 25.1 Å². The molecule has 1 rings (SSSR count). The minimum absolute atomic E-state index is 0.229. The molecule has 0 atom stereocenters. The minimum Gasteiger partial charge on any atom is -0.478 e. The Hall–Kier alpha value is -1.88. The molecule has 1 aromatic heterocycles. The molecule has 0 aromatic carbocycles.